The summed E-state index contributed by atoms with van der Waals surface area (Å²) in [6.45, 7) is 2.26. The van der Waals surface area contributed by atoms with Crippen LogP contribution in [0.1, 0.15) is 24.8 Å². The Hall–Kier alpha value is -2.69. The summed E-state index contributed by atoms with van der Waals surface area (Å²) in [4.78, 5) is 19.6. The molecule has 1 fully saturated rings. The van der Waals surface area contributed by atoms with Gasteiger partial charge in [-0.25, -0.2) is 4.98 Å². The fraction of sp³-hybridized carbons (Fsp3) is 0.391. The van der Waals surface area contributed by atoms with Gasteiger partial charge in [0.15, 0.2) is 5.13 Å². The van der Waals surface area contributed by atoms with Gasteiger partial charge in [-0.05, 0) is 43.6 Å². The van der Waals surface area contributed by atoms with Gasteiger partial charge < -0.3 is 14.8 Å². The maximum absolute atomic E-state index is 13.1. The number of rotatable bonds is 8. The first kappa shape index (κ1) is 23.5. The fourth-order valence-corrected chi connectivity index (χ4v) is 4.68. The molecule has 2 heterocycles. The summed E-state index contributed by atoms with van der Waals surface area (Å²) >= 11 is 1.10. The lowest BCUT2D eigenvalue weighted by Gasteiger charge is -2.33. The predicted octanol–water partition coefficient (Wildman–Crippen LogP) is 5.20. The van der Waals surface area contributed by atoms with Crippen molar-refractivity contribution >= 4 is 32.6 Å². The van der Waals surface area contributed by atoms with Crippen molar-refractivity contribution in [2.45, 2.75) is 38.3 Å². The number of aromatic nitrogens is 1. The number of nitrogens with one attached hydrogen (secondary N) is 1. The number of fused-ring (bicyclic) bond motifs is 1. The van der Waals surface area contributed by atoms with E-state index in [9.17, 15) is 18.0 Å². The van der Waals surface area contributed by atoms with E-state index in [1.54, 1.807) is 0 Å². The van der Waals surface area contributed by atoms with Crippen LogP contribution in [0.3, 0.4) is 0 Å². The highest BCUT2D eigenvalue weighted by Crippen LogP contribution is 2.31. The maximum Gasteiger partial charge on any atom is 0.573 e. The molecule has 1 aliphatic heterocycles. The molecule has 1 atom stereocenters. The lowest BCUT2D eigenvalue weighted by atomic mass is 10.1. The van der Waals surface area contributed by atoms with Crippen LogP contribution in [0.25, 0.3) is 10.2 Å². The number of piperidine rings is 1. The Morgan fingerprint density at radius 1 is 1.12 bits per heavy atom. The molecule has 1 saturated heterocycles. The number of carbonyl (C=O) groups is 1. The molecule has 0 spiro atoms. The number of anilines is 1. The quantitative estimate of drug-likeness (QED) is 0.481. The Morgan fingerprint density at radius 2 is 1.88 bits per heavy atom. The normalized spacial score (nSPS) is 16.0. The van der Waals surface area contributed by atoms with Crippen LogP contribution in [0.2, 0.25) is 0 Å². The zero-order valence-electron chi connectivity index (χ0n) is 17.8. The molecule has 0 saturated carbocycles. The second-order valence-electron chi connectivity index (χ2n) is 7.80. The van der Waals surface area contributed by atoms with Crippen LogP contribution < -0.4 is 10.1 Å². The summed E-state index contributed by atoms with van der Waals surface area (Å²) in [5.74, 6) is -0.562. The monoisotopic (exact) mass is 479 g/mol. The van der Waals surface area contributed by atoms with Gasteiger partial charge in [0.05, 0.1) is 23.4 Å². The average molecular weight is 480 g/mol. The summed E-state index contributed by atoms with van der Waals surface area (Å²) < 4.78 is 47.8. The van der Waals surface area contributed by atoms with E-state index < -0.39 is 12.4 Å². The molecule has 2 aromatic carbocycles. The highest BCUT2D eigenvalue weighted by Gasteiger charge is 2.31. The molecule has 3 aromatic rings. The summed E-state index contributed by atoms with van der Waals surface area (Å²) in [6.07, 6.45) is -1.59. The zero-order chi connectivity index (χ0) is 23.3. The van der Waals surface area contributed by atoms with Crippen molar-refractivity contribution in [3.63, 3.8) is 0 Å². The van der Waals surface area contributed by atoms with Crippen LogP contribution in [0.5, 0.6) is 5.75 Å². The summed E-state index contributed by atoms with van der Waals surface area (Å²) in [5, 5.41) is 3.15. The fourth-order valence-electron chi connectivity index (χ4n) is 3.78. The number of amides is 1. The van der Waals surface area contributed by atoms with Gasteiger partial charge in [0.2, 0.25) is 5.91 Å². The molecular formula is C23H24F3N3O3S. The zero-order valence-corrected chi connectivity index (χ0v) is 18.6. The van der Waals surface area contributed by atoms with E-state index in [1.807, 2.05) is 30.3 Å². The third-order valence-electron chi connectivity index (χ3n) is 5.34. The van der Waals surface area contributed by atoms with Gasteiger partial charge in [-0.1, -0.05) is 48.1 Å². The first-order valence-electron chi connectivity index (χ1n) is 10.7. The van der Waals surface area contributed by atoms with Crippen LogP contribution in [0, 0.1) is 0 Å². The molecule has 0 aliphatic carbocycles. The molecule has 1 aromatic heterocycles. The van der Waals surface area contributed by atoms with Gasteiger partial charge in [0.25, 0.3) is 0 Å². The number of ether oxygens (including phenoxy) is 2. The lowest BCUT2D eigenvalue weighted by molar-refractivity contribution is -0.274. The Morgan fingerprint density at radius 3 is 2.61 bits per heavy atom. The maximum atomic E-state index is 13.1. The van der Waals surface area contributed by atoms with E-state index in [4.69, 9.17) is 4.74 Å². The highest BCUT2D eigenvalue weighted by atomic mass is 32.1. The minimum Gasteiger partial charge on any atom is -0.406 e. The van der Waals surface area contributed by atoms with Gasteiger partial charge in [-0.15, -0.1) is 13.2 Å². The number of nitrogens with zero attached hydrogens (tertiary/aromatic N) is 2. The number of likely N-dealkylation sites (tertiary alicyclic amines) is 1. The third kappa shape index (κ3) is 6.66. The number of alkyl halides is 3. The molecule has 10 heteroatoms. The standard InChI is InChI=1S/C23H24F3N3O3S/c24-23(25,26)32-17-9-10-18-20(13-17)33-22(27-18)28-21(30)19(29-11-5-2-6-12-29)15-31-14-16-7-3-1-4-8-16/h1,3-4,7-10,13,19H,2,5-6,11-12,14-15H2,(H,27,28,30)/t19-/m0/s1. The van der Waals surface area contributed by atoms with E-state index in [0.29, 0.717) is 22.0 Å². The number of halogens is 3. The molecule has 176 valence electrons. The van der Waals surface area contributed by atoms with Gasteiger partial charge >= 0.3 is 6.36 Å². The van der Waals surface area contributed by atoms with Gasteiger partial charge in [-0.2, -0.15) is 0 Å². The SMILES string of the molecule is O=C(Nc1nc2ccc(OC(F)(F)F)cc2s1)[C@H](COCc1ccccc1)N1CCCCC1. The molecule has 0 bridgehead atoms. The number of carbonyl (C=O) groups excluding carboxylic acids is 1. The molecular weight excluding hydrogens is 455 g/mol. The average Bonchev–Trinajstić information content (AvgIpc) is 3.18. The number of hydrogen-bond acceptors (Lipinski definition) is 6. The topological polar surface area (TPSA) is 63.7 Å². The predicted molar refractivity (Wildman–Crippen MR) is 120 cm³/mol. The smallest absolute Gasteiger partial charge is 0.406 e. The van der Waals surface area contributed by atoms with E-state index >= 15 is 0 Å². The van der Waals surface area contributed by atoms with Gasteiger partial charge in [-0.3, -0.25) is 9.69 Å². The molecule has 33 heavy (non-hydrogen) atoms. The van der Waals surface area contributed by atoms with Crippen LogP contribution in [-0.2, 0) is 16.1 Å². The molecule has 4 rings (SSSR count). The summed E-state index contributed by atoms with van der Waals surface area (Å²) in [5.41, 5.74) is 1.51. The minimum atomic E-state index is -4.77. The van der Waals surface area contributed by atoms with Crippen LogP contribution in [0.4, 0.5) is 18.3 Å². The molecule has 1 aliphatic rings. The number of benzene rings is 2. The Labute approximate surface area is 193 Å². The van der Waals surface area contributed by atoms with Crippen molar-refractivity contribution < 1.29 is 27.4 Å². The Kier molecular flexibility index (Phi) is 7.46. The third-order valence-corrected chi connectivity index (χ3v) is 6.28. The molecule has 6 nitrogen and oxygen atoms in total. The van der Waals surface area contributed by atoms with Crippen LogP contribution >= 0.6 is 11.3 Å². The van der Waals surface area contributed by atoms with Crippen LogP contribution in [-0.4, -0.2) is 47.9 Å². The second kappa shape index (κ2) is 10.5. The molecule has 1 amide bonds. The molecule has 1 N–H and O–H groups in total. The Balaban J connectivity index is 1.44. The highest BCUT2D eigenvalue weighted by molar-refractivity contribution is 7.22. The molecule has 0 radical (unpaired) electrons. The van der Waals surface area contributed by atoms with Crippen molar-refractivity contribution in [3.05, 3.63) is 54.1 Å². The second-order valence-corrected chi connectivity index (χ2v) is 8.83. The number of thiazole rings is 1. The van der Waals surface area contributed by atoms with E-state index in [0.717, 1.165) is 49.3 Å². The van der Waals surface area contributed by atoms with Gasteiger partial charge in [0, 0.05) is 6.07 Å². The van der Waals surface area contributed by atoms with Crippen molar-refractivity contribution in [1.82, 2.24) is 9.88 Å². The van der Waals surface area contributed by atoms with Crippen molar-refractivity contribution in [3.8, 4) is 5.75 Å². The van der Waals surface area contributed by atoms with Crippen molar-refractivity contribution in [2.24, 2.45) is 0 Å². The minimum absolute atomic E-state index is 0.231. The van der Waals surface area contributed by atoms with Crippen LogP contribution in [0.15, 0.2) is 48.5 Å². The summed E-state index contributed by atoms with van der Waals surface area (Å²) in [6, 6.07) is 13.2. The van der Waals surface area contributed by atoms with E-state index in [-0.39, 0.29) is 18.3 Å². The molecule has 0 unspecified atom stereocenters. The number of hydrogen-bond donors (Lipinski definition) is 1. The van der Waals surface area contributed by atoms with Crippen molar-refractivity contribution in [1.29, 1.82) is 0 Å². The van der Waals surface area contributed by atoms with Crippen molar-refractivity contribution in [2.75, 3.05) is 25.0 Å². The first-order chi connectivity index (χ1) is 15.9. The van der Waals surface area contributed by atoms with E-state index in [1.165, 1.54) is 18.2 Å². The first-order valence-corrected chi connectivity index (χ1v) is 11.5. The van der Waals surface area contributed by atoms with E-state index in [2.05, 4.69) is 19.9 Å². The summed E-state index contributed by atoms with van der Waals surface area (Å²) in [7, 11) is 0. The Bertz CT molecular complexity index is 1070. The van der Waals surface area contributed by atoms with Gasteiger partial charge in [0.1, 0.15) is 11.8 Å². The lowest BCUT2D eigenvalue weighted by Crippen LogP contribution is -2.49. The largest absolute Gasteiger partial charge is 0.573 e.